The average molecular weight is 289 g/mol. The molecule has 0 bridgehead atoms. The minimum atomic E-state index is 0.110. The van der Waals surface area contributed by atoms with Crippen LogP contribution in [-0.2, 0) is 17.8 Å². The smallest absolute Gasteiger partial charge is 0.196 e. The monoisotopic (exact) mass is 289 g/mol. The van der Waals surface area contributed by atoms with Crippen LogP contribution in [0.15, 0.2) is 29.4 Å². The third-order valence-corrected chi connectivity index (χ3v) is 1.99. The van der Waals surface area contributed by atoms with Crippen molar-refractivity contribution >= 4 is 26.4 Å². The summed E-state index contributed by atoms with van der Waals surface area (Å²) in [7, 11) is 0. The Labute approximate surface area is 89.6 Å². The molecule has 0 aromatic heterocycles. The molecule has 1 rings (SSSR count). The van der Waals surface area contributed by atoms with Gasteiger partial charge in [0.25, 0.3) is 0 Å². The van der Waals surface area contributed by atoms with Crippen LogP contribution in [0.5, 0.6) is 0 Å². The van der Waals surface area contributed by atoms with Crippen LogP contribution in [0.2, 0.25) is 0 Å². The average Bonchev–Trinajstić information content (AvgIpc) is 2.08. The van der Waals surface area contributed by atoms with E-state index in [1.165, 1.54) is 0 Å². The number of benzene rings is 1. The zero-order chi connectivity index (χ0) is 9.68. The molecule has 13 heavy (non-hydrogen) atoms. The van der Waals surface area contributed by atoms with Crippen molar-refractivity contribution in [3.63, 3.8) is 0 Å². The van der Waals surface area contributed by atoms with E-state index in [4.69, 9.17) is 0 Å². The highest BCUT2D eigenvalue weighted by molar-refractivity contribution is 14.1. The van der Waals surface area contributed by atoms with Crippen LogP contribution in [0.3, 0.4) is 0 Å². The summed E-state index contributed by atoms with van der Waals surface area (Å²) in [5, 5.41) is 2.78. The standard InChI is InChI=1S/C9H8INO2/c10-9(12)5-7-1-3-8(4-2-7)6-11-13/h1-4H,5-6H2. The van der Waals surface area contributed by atoms with E-state index < -0.39 is 0 Å². The molecular formula is C9H8INO2. The molecule has 4 heteroatoms. The number of rotatable bonds is 4. The van der Waals surface area contributed by atoms with Gasteiger partial charge in [-0.15, -0.1) is 0 Å². The van der Waals surface area contributed by atoms with Gasteiger partial charge in [-0.3, -0.25) is 4.79 Å². The van der Waals surface area contributed by atoms with Gasteiger partial charge in [0.05, 0.1) is 0 Å². The second kappa shape index (κ2) is 5.06. The lowest BCUT2D eigenvalue weighted by Gasteiger charge is -1.97. The Bertz CT molecular complexity index is 308. The summed E-state index contributed by atoms with van der Waals surface area (Å²) in [6.07, 6.45) is 0.440. The van der Waals surface area contributed by atoms with Crippen LogP contribution in [0.25, 0.3) is 0 Å². The second-order valence-corrected chi connectivity index (χ2v) is 3.84. The van der Waals surface area contributed by atoms with E-state index in [9.17, 15) is 9.70 Å². The van der Waals surface area contributed by atoms with E-state index in [1.807, 2.05) is 24.3 Å². The first-order chi connectivity index (χ1) is 6.22. The Morgan fingerprint density at radius 1 is 1.23 bits per heavy atom. The van der Waals surface area contributed by atoms with E-state index >= 15 is 0 Å². The van der Waals surface area contributed by atoms with Gasteiger partial charge in [-0.2, -0.15) is 4.91 Å². The van der Waals surface area contributed by atoms with Crippen LogP contribution in [0.4, 0.5) is 0 Å². The maximum absolute atomic E-state index is 10.7. The summed E-state index contributed by atoms with van der Waals surface area (Å²) in [4.78, 5) is 20.7. The fourth-order valence-corrected chi connectivity index (χ4v) is 1.44. The molecule has 0 aliphatic rings. The van der Waals surface area contributed by atoms with E-state index in [0.717, 1.165) is 11.1 Å². The molecule has 68 valence electrons. The van der Waals surface area contributed by atoms with E-state index in [-0.39, 0.29) is 10.3 Å². The number of nitrogens with zero attached hydrogens (tertiary/aromatic N) is 1. The molecule has 0 N–H and O–H groups in total. The van der Waals surface area contributed by atoms with Crippen LogP contribution < -0.4 is 0 Å². The third kappa shape index (κ3) is 3.63. The lowest BCUT2D eigenvalue weighted by molar-refractivity contribution is -0.108. The largest absolute Gasteiger partial charge is 0.287 e. The molecule has 1 aromatic rings. The molecule has 0 spiro atoms. The SMILES string of the molecule is O=NCc1ccc(CC(=O)I)cc1. The van der Waals surface area contributed by atoms with Gasteiger partial charge in [-0.1, -0.05) is 29.4 Å². The number of nitroso groups, excluding NO2 is 1. The number of hydrogen-bond acceptors (Lipinski definition) is 3. The van der Waals surface area contributed by atoms with Gasteiger partial charge >= 0.3 is 0 Å². The fraction of sp³-hybridized carbons (Fsp3) is 0.222. The number of carbonyl (C=O) groups is 1. The normalized spacial score (nSPS) is 9.62. The number of hydrogen-bond donors (Lipinski definition) is 0. The van der Waals surface area contributed by atoms with Crippen molar-refractivity contribution in [3.05, 3.63) is 40.3 Å². The first-order valence-corrected chi connectivity index (χ1v) is 4.85. The minimum absolute atomic E-state index is 0.110. The van der Waals surface area contributed by atoms with Gasteiger partial charge in [0, 0.05) is 6.42 Å². The highest BCUT2D eigenvalue weighted by Crippen LogP contribution is 2.07. The second-order valence-electron chi connectivity index (χ2n) is 2.64. The van der Waals surface area contributed by atoms with Crippen molar-refractivity contribution in [2.75, 3.05) is 0 Å². The fourth-order valence-electron chi connectivity index (χ4n) is 0.998. The number of halogens is 1. The zero-order valence-electron chi connectivity index (χ0n) is 6.87. The molecule has 3 nitrogen and oxygen atoms in total. The predicted octanol–water partition coefficient (Wildman–Crippen LogP) is 2.46. The van der Waals surface area contributed by atoms with Gasteiger partial charge in [-0.25, -0.2) is 0 Å². The summed E-state index contributed by atoms with van der Waals surface area (Å²) < 4.78 is 0.110. The van der Waals surface area contributed by atoms with Crippen molar-refractivity contribution in [1.29, 1.82) is 0 Å². The summed E-state index contributed by atoms with van der Waals surface area (Å²) in [5.74, 6) is 0. The molecule has 0 atom stereocenters. The highest BCUT2D eigenvalue weighted by Gasteiger charge is 1.98. The maximum Gasteiger partial charge on any atom is 0.196 e. The molecular weight excluding hydrogens is 281 g/mol. The van der Waals surface area contributed by atoms with E-state index in [1.54, 1.807) is 22.6 Å². The van der Waals surface area contributed by atoms with Gasteiger partial charge in [0.15, 0.2) is 3.79 Å². The van der Waals surface area contributed by atoms with Crippen LogP contribution >= 0.6 is 22.6 Å². The van der Waals surface area contributed by atoms with Gasteiger partial charge in [0.2, 0.25) is 0 Å². The predicted molar refractivity (Wildman–Crippen MR) is 58.7 cm³/mol. The van der Waals surface area contributed by atoms with Crippen LogP contribution in [0.1, 0.15) is 11.1 Å². The van der Waals surface area contributed by atoms with Crippen molar-refractivity contribution in [2.24, 2.45) is 5.18 Å². The molecule has 0 heterocycles. The van der Waals surface area contributed by atoms with Gasteiger partial charge in [-0.05, 0) is 33.7 Å². The van der Waals surface area contributed by atoms with E-state index in [0.29, 0.717) is 6.42 Å². The maximum atomic E-state index is 10.7. The molecule has 0 aliphatic carbocycles. The Kier molecular flexibility index (Phi) is 4.01. The Morgan fingerprint density at radius 3 is 2.23 bits per heavy atom. The molecule has 0 fully saturated rings. The van der Waals surface area contributed by atoms with Crippen molar-refractivity contribution < 1.29 is 4.79 Å². The van der Waals surface area contributed by atoms with Gasteiger partial charge in [0.1, 0.15) is 6.54 Å². The first kappa shape index (κ1) is 10.3. The molecule has 1 aromatic carbocycles. The highest BCUT2D eigenvalue weighted by atomic mass is 127. The van der Waals surface area contributed by atoms with Crippen molar-refractivity contribution in [2.45, 2.75) is 13.0 Å². The minimum Gasteiger partial charge on any atom is -0.287 e. The molecule has 0 saturated heterocycles. The number of carbonyl (C=O) groups excluding carboxylic acids is 1. The zero-order valence-corrected chi connectivity index (χ0v) is 9.02. The topological polar surface area (TPSA) is 46.5 Å². The lowest BCUT2D eigenvalue weighted by Crippen LogP contribution is -1.92. The Balaban J connectivity index is 2.69. The Hall–Kier alpha value is -0.780. The van der Waals surface area contributed by atoms with Crippen LogP contribution in [-0.4, -0.2) is 3.79 Å². The lowest BCUT2D eigenvalue weighted by atomic mass is 10.1. The summed E-state index contributed by atoms with van der Waals surface area (Å²) >= 11 is 1.76. The Morgan fingerprint density at radius 2 is 1.77 bits per heavy atom. The van der Waals surface area contributed by atoms with Gasteiger partial charge < -0.3 is 0 Å². The van der Waals surface area contributed by atoms with Crippen LogP contribution in [0, 0.1) is 4.91 Å². The van der Waals surface area contributed by atoms with E-state index in [2.05, 4.69) is 5.18 Å². The molecule has 0 amide bonds. The van der Waals surface area contributed by atoms with Crippen molar-refractivity contribution in [3.8, 4) is 0 Å². The quantitative estimate of drug-likeness (QED) is 0.485. The molecule has 0 saturated carbocycles. The summed E-state index contributed by atoms with van der Waals surface area (Å²) in [5.41, 5.74) is 1.84. The van der Waals surface area contributed by atoms with Crippen molar-refractivity contribution in [1.82, 2.24) is 0 Å². The summed E-state index contributed by atoms with van der Waals surface area (Å²) in [6.45, 7) is 0.193. The first-order valence-electron chi connectivity index (χ1n) is 3.77. The summed E-state index contributed by atoms with van der Waals surface area (Å²) in [6, 6.07) is 7.32. The molecule has 0 unspecified atom stereocenters. The third-order valence-electron chi connectivity index (χ3n) is 1.61. The molecule has 0 radical (unpaired) electrons. The molecule has 0 aliphatic heterocycles.